The molecule has 0 aromatic heterocycles. The molecule has 1 saturated heterocycles. The molecule has 2 N–H and O–H groups in total. The molecule has 0 saturated carbocycles. The lowest BCUT2D eigenvalue weighted by Crippen LogP contribution is -2.51. The molecule has 19 heavy (non-hydrogen) atoms. The van der Waals surface area contributed by atoms with Crippen molar-refractivity contribution in [3.63, 3.8) is 0 Å². The Kier molecular flexibility index (Phi) is 7.25. The number of nitrogens with one attached hydrogen (secondary N) is 2. The maximum Gasteiger partial charge on any atom is 0.407 e. The van der Waals surface area contributed by atoms with Crippen molar-refractivity contribution in [2.45, 2.75) is 39.2 Å². The first-order valence-electron chi connectivity index (χ1n) is 7.09. The number of hydrogen-bond donors (Lipinski definition) is 2. The van der Waals surface area contributed by atoms with Crippen molar-refractivity contribution < 1.29 is 14.3 Å². The number of alkyl carbamates (subject to hydrolysis) is 1. The molecule has 0 aliphatic carbocycles. The highest BCUT2D eigenvalue weighted by atomic mass is 16.5. The smallest absolute Gasteiger partial charge is 0.407 e. The largest absolute Gasteiger partial charge is 0.450 e. The Morgan fingerprint density at radius 2 is 2.16 bits per heavy atom. The summed E-state index contributed by atoms with van der Waals surface area (Å²) in [4.78, 5) is 25.1. The van der Waals surface area contributed by atoms with Crippen LogP contribution in [0.15, 0.2) is 0 Å². The van der Waals surface area contributed by atoms with Gasteiger partial charge in [0.25, 0.3) is 0 Å². The number of carbonyl (C=O) groups is 2. The van der Waals surface area contributed by atoms with Gasteiger partial charge < -0.3 is 20.3 Å². The average molecular weight is 271 g/mol. The Balaban J connectivity index is 2.32. The number of likely N-dealkylation sites (tertiary alicyclic amines) is 1. The topological polar surface area (TPSA) is 70.7 Å². The summed E-state index contributed by atoms with van der Waals surface area (Å²) in [7, 11) is 0. The Morgan fingerprint density at radius 3 is 2.84 bits per heavy atom. The normalized spacial score (nSPS) is 19.1. The van der Waals surface area contributed by atoms with E-state index in [9.17, 15) is 9.59 Å². The molecule has 1 aliphatic heterocycles. The van der Waals surface area contributed by atoms with Gasteiger partial charge in [0.15, 0.2) is 0 Å². The van der Waals surface area contributed by atoms with Crippen LogP contribution in [0.4, 0.5) is 4.79 Å². The molecule has 0 spiro atoms. The SMILES string of the molecule is CCCNCC(=O)N1CCCC(NC(=O)OCC)C1. The molecule has 2 amide bonds. The predicted octanol–water partition coefficient (Wildman–Crippen LogP) is 0.723. The number of nitrogens with zero attached hydrogens (tertiary/aromatic N) is 1. The monoisotopic (exact) mass is 271 g/mol. The van der Waals surface area contributed by atoms with Crippen LogP contribution in [0.5, 0.6) is 0 Å². The standard InChI is InChI=1S/C13H25N3O3/c1-3-7-14-9-12(17)16-8-5-6-11(10-16)15-13(18)19-4-2/h11,14H,3-10H2,1-2H3,(H,15,18). The van der Waals surface area contributed by atoms with E-state index in [0.29, 0.717) is 19.7 Å². The van der Waals surface area contributed by atoms with Crippen molar-refractivity contribution in [2.24, 2.45) is 0 Å². The number of hydrogen-bond acceptors (Lipinski definition) is 4. The zero-order valence-corrected chi connectivity index (χ0v) is 11.9. The van der Waals surface area contributed by atoms with Crippen LogP contribution in [0.25, 0.3) is 0 Å². The van der Waals surface area contributed by atoms with E-state index in [1.165, 1.54) is 0 Å². The maximum atomic E-state index is 11.9. The fraction of sp³-hybridized carbons (Fsp3) is 0.846. The Hall–Kier alpha value is -1.30. The molecule has 1 heterocycles. The molecular weight excluding hydrogens is 246 g/mol. The summed E-state index contributed by atoms with van der Waals surface area (Å²) in [6, 6.07) is 0.00271. The molecule has 1 unspecified atom stereocenters. The Labute approximate surface area is 114 Å². The summed E-state index contributed by atoms with van der Waals surface area (Å²) in [5.74, 6) is 0.101. The fourth-order valence-corrected chi connectivity index (χ4v) is 2.14. The quantitative estimate of drug-likeness (QED) is 0.698. The van der Waals surface area contributed by atoms with Crippen molar-refractivity contribution in [3.8, 4) is 0 Å². The van der Waals surface area contributed by atoms with E-state index in [2.05, 4.69) is 17.6 Å². The molecule has 1 aliphatic rings. The third kappa shape index (κ3) is 5.92. The second-order valence-corrected chi connectivity index (χ2v) is 4.72. The molecule has 0 aromatic carbocycles. The lowest BCUT2D eigenvalue weighted by Gasteiger charge is -2.33. The maximum absolute atomic E-state index is 11.9. The molecule has 1 rings (SSSR count). The van der Waals surface area contributed by atoms with Gasteiger partial charge in [-0.25, -0.2) is 4.79 Å². The highest BCUT2D eigenvalue weighted by Crippen LogP contribution is 2.10. The third-order valence-electron chi connectivity index (χ3n) is 3.07. The molecule has 0 radical (unpaired) electrons. The number of amides is 2. The number of carbonyl (C=O) groups excluding carboxylic acids is 2. The fourth-order valence-electron chi connectivity index (χ4n) is 2.14. The van der Waals surface area contributed by atoms with Gasteiger partial charge in [0.05, 0.1) is 13.2 Å². The van der Waals surface area contributed by atoms with Crippen LogP contribution in [0, 0.1) is 0 Å². The van der Waals surface area contributed by atoms with Crippen molar-refractivity contribution in [3.05, 3.63) is 0 Å². The van der Waals surface area contributed by atoms with Gasteiger partial charge in [-0.2, -0.15) is 0 Å². The van der Waals surface area contributed by atoms with Crippen molar-refractivity contribution in [2.75, 3.05) is 32.8 Å². The van der Waals surface area contributed by atoms with E-state index in [-0.39, 0.29) is 11.9 Å². The van der Waals surface area contributed by atoms with E-state index < -0.39 is 6.09 Å². The average Bonchev–Trinajstić information content (AvgIpc) is 2.39. The van der Waals surface area contributed by atoms with Gasteiger partial charge in [0, 0.05) is 19.1 Å². The molecule has 1 fully saturated rings. The van der Waals surface area contributed by atoms with Gasteiger partial charge in [-0.15, -0.1) is 0 Å². The highest BCUT2D eigenvalue weighted by Gasteiger charge is 2.24. The van der Waals surface area contributed by atoms with Gasteiger partial charge in [-0.3, -0.25) is 4.79 Å². The zero-order chi connectivity index (χ0) is 14.1. The van der Waals surface area contributed by atoms with Crippen LogP contribution in [-0.4, -0.2) is 55.7 Å². The molecule has 0 aromatic rings. The van der Waals surface area contributed by atoms with Crippen LogP contribution < -0.4 is 10.6 Å². The molecule has 6 nitrogen and oxygen atoms in total. The van der Waals surface area contributed by atoms with Gasteiger partial charge >= 0.3 is 6.09 Å². The Bertz CT molecular complexity index is 297. The molecule has 0 bridgehead atoms. The van der Waals surface area contributed by atoms with Crippen LogP contribution in [0.3, 0.4) is 0 Å². The summed E-state index contributed by atoms with van der Waals surface area (Å²) < 4.78 is 4.85. The van der Waals surface area contributed by atoms with Crippen molar-refractivity contribution in [1.82, 2.24) is 15.5 Å². The number of piperidine rings is 1. The van der Waals surface area contributed by atoms with E-state index in [1.807, 2.05) is 4.90 Å². The van der Waals surface area contributed by atoms with Crippen molar-refractivity contribution in [1.29, 1.82) is 0 Å². The molecule has 6 heteroatoms. The first kappa shape index (κ1) is 15.8. The molecule has 110 valence electrons. The zero-order valence-electron chi connectivity index (χ0n) is 11.9. The van der Waals surface area contributed by atoms with Gasteiger partial charge in [0.1, 0.15) is 0 Å². The molecular formula is C13H25N3O3. The van der Waals surface area contributed by atoms with E-state index >= 15 is 0 Å². The first-order valence-corrected chi connectivity index (χ1v) is 7.09. The second kappa shape index (κ2) is 8.74. The number of ether oxygens (including phenoxy) is 1. The Morgan fingerprint density at radius 1 is 1.37 bits per heavy atom. The summed E-state index contributed by atoms with van der Waals surface area (Å²) in [5.41, 5.74) is 0. The lowest BCUT2D eigenvalue weighted by molar-refractivity contribution is -0.131. The predicted molar refractivity (Wildman–Crippen MR) is 72.9 cm³/mol. The van der Waals surface area contributed by atoms with Crippen LogP contribution in [0.2, 0.25) is 0 Å². The van der Waals surface area contributed by atoms with Crippen LogP contribution >= 0.6 is 0 Å². The second-order valence-electron chi connectivity index (χ2n) is 4.72. The van der Waals surface area contributed by atoms with E-state index in [0.717, 1.165) is 32.4 Å². The summed E-state index contributed by atoms with van der Waals surface area (Å²) in [6.07, 6.45) is 2.42. The summed E-state index contributed by atoms with van der Waals surface area (Å²) >= 11 is 0. The summed E-state index contributed by atoms with van der Waals surface area (Å²) in [6.45, 7) is 6.78. The third-order valence-corrected chi connectivity index (χ3v) is 3.07. The lowest BCUT2D eigenvalue weighted by atomic mass is 10.1. The minimum Gasteiger partial charge on any atom is -0.450 e. The number of rotatable bonds is 6. The molecule has 1 atom stereocenters. The minimum absolute atomic E-state index is 0.00271. The first-order chi connectivity index (χ1) is 9.17. The van der Waals surface area contributed by atoms with Gasteiger partial charge in [-0.05, 0) is 32.7 Å². The highest BCUT2D eigenvalue weighted by molar-refractivity contribution is 5.78. The minimum atomic E-state index is -0.397. The van der Waals surface area contributed by atoms with Crippen LogP contribution in [0.1, 0.15) is 33.1 Å². The van der Waals surface area contributed by atoms with Crippen LogP contribution in [-0.2, 0) is 9.53 Å². The van der Waals surface area contributed by atoms with E-state index in [1.54, 1.807) is 6.92 Å². The van der Waals surface area contributed by atoms with Gasteiger partial charge in [-0.1, -0.05) is 6.92 Å². The summed E-state index contributed by atoms with van der Waals surface area (Å²) in [5, 5.41) is 5.90. The van der Waals surface area contributed by atoms with Crippen molar-refractivity contribution >= 4 is 12.0 Å². The van der Waals surface area contributed by atoms with E-state index in [4.69, 9.17) is 4.74 Å². The van der Waals surface area contributed by atoms with Gasteiger partial charge in [0.2, 0.25) is 5.91 Å².